The van der Waals surface area contributed by atoms with Gasteiger partial charge >= 0.3 is 5.69 Å². The molecule has 1 aromatic carbocycles. The van der Waals surface area contributed by atoms with Crippen molar-refractivity contribution < 1.29 is 4.92 Å². The summed E-state index contributed by atoms with van der Waals surface area (Å²) in [5, 5.41) is 10.7. The minimum Gasteiger partial charge on any atom is -0.300 e. The number of aryl methyl sites for hydroxylation is 1. The van der Waals surface area contributed by atoms with Gasteiger partial charge in [0, 0.05) is 30.9 Å². The summed E-state index contributed by atoms with van der Waals surface area (Å²) in [5.74, 6) is 0. The number of hydrogen-bond acceptors (Lipinski definition) is 4. The van der Waals surface area contributed by atoms with Crippen LogP contribution in [0.2, 0.25) is 0 Å². The molecular weight excluding hydrogens is 274 g/mol. The summed E-state index contributed by atoms with van der Waals surface area (Å²) in [6, 6.07) is 7.24. The predicted molar refractivity (Wildman–Crippen MR) is 77.5 cm³/mol. The summed E-state index contributed by atoms with van der Waals surface area (Å²) in [5.41, 5.74) is -0.349. The maximum absolute atomic E-state index is 12.2. The number of nitro groups is 1. The first-order valence-electron chi connectivity index (χ1n) is 6.56. The van der Waals surface area contributed by atoms with E-state index >= 15 is 0 Å². The lowest BCUT2D eigenvalue weighted by atomic mass is 10.2. The van der Waals surface area contributed by atoms with Gasteiger partial charge in [-0.1, -0.05) is 19.1 Å². The first kappa shape index (κ1) is 14.7. The Morgan fingerprint density at radius 3 is 2.67 bits per heavy atom. The Morgan fingerprint density at radius 2 is 2.00 bits per heavy atom. The lowest BCUT2D eigenvalue weighted by Crippen LogP contribution is -2.39. The third kappa shape index (κ3) is 3.25. The van der Waals surface area contributed by atoms with Crippen molar-refractivity contribution in [3.63, 3.8) is 0 Å². The molecule has 0 unspecified atom stereocenters. The van der Waals surface area contributed by atoms with Gasteiger partial charge in [0.1, 0.15) is 0 Å². The maximum Gasteiger partial charge on any atom is 0.331 e. The van der Waals surface area contributed by atoms with E-state index in [9.17, 15) is 19.7 Å². The summed E-state index contributed by atoms with van der Waals surface area (Å²) in [7, 11) is 0. The third-order valence-electron chi connectivity index (χ3n) is 3.07. The zero-order valence-electron chi connectivity index (χ0n) is 11.6. The molecule has 7 heteroatoms. The molecule has 0 aliphatic heterocycles. The summed E-state index contributed by atoms with van der Waals surface area (Å²) in [4.78, 5) is 34.3. The van der Waals surface area contributed by atoms with Crippen molar-refractivity contribution >= 4 is 5.69 Å². The van der Waals surface area contributed by atoms with E-state index in [1.807, 2.05) is 6.92 Å². The smallest absolute Gasteiger partial charge is 0.300 e. The van der Waals surface area contributed by atoms with Crippen LogP contribution >= 0.6 is 0 Å². The normalized spacial score (nSPS) is 10.5. The van der Waals surface area contributed by atoms with E-state index in [2.05, 4.69) is 0 Å². The van der Waals surface area contributed by atoms with Crippen molar-refractivity contribution in [2.45, 2.75) is 26.4 Å². The molecule has 1 heterocycles. The second kappa shape index (κ2) is 6.17. The first-order valence-corrected chi connectivity index (χ1v) is 6.56. The fourth-order valence-corrected chi connectivity index (χ4v) is 2.06. The quantitative estimate of drug-likeness (QED) is 0.614. The molecule has 110 valence electrons. The summed E-state index contributed by atoms with van der Waals surface area (Å²) >= 11 is 0. The molecule has 0 saturated carbocycles. The van der Waals surface area contributed by atoms with Crippen molar-refractivity contribution in [3.05, 3.63) is 73.0 Å². The van der Waals surface area contributed by atoms with E-state index in [1.165, 1.54) is 35.0 Å². The molecule has 0 N–H and O–H groups in total. The van der Waals surface area contributed by atoms with E-state index in [0.717, 1.165) is 11.0 Å². The van der Waals surface area contributed by atoms with Crippen LogP contribution < -0.4 is 11.2 Å². The van der Waals surface area contributed by atoms with Gasteiger partial charge in [0.2, 0.25) is 0 Å². The fourth-order valence-electron chi connectivity index (χ4n) is 2.06. The van der Waals surface area contributed by atoms with Crippen LogP contribution in [0.4, 0.5) is 5.69 Å². The lowest BCUT2D eigenvalue weighted by Gasteiger charge is -2.09. The zero-order chi connectivity index (χ0) is 15.4. The van der Waals surface area contributed by atoms with Crippen LogP contribution in [0.15, 0.2) is 46.1 Å². The molecule has 0 saturated heterocycles. The van der Waals surface area contributed by atoms with Crippen LogP contribution in [-0.2, 0) is 13.1 Å². The summed E-state index contributed by atoms with van der Waals surface area (Å²) in [6.07, 6.45) is 2.24. The highest BCUT2D eigenvalue weighted by molar-refractivity contribution is 5.34. The Hall–Kier alpha value is -2.70. The maximum atomic E-state index is 12.2. The van der Waals surface area contributed by atoms with Gasteiger partial charge in [-0.05, 0) is 12.0 Å². The molecule has 0 spiro atoms. The minimum atomic E-state index is -0.507. The minimum absolute atomic E-state index is 0.0178. The Labute approximate surface area is 120 Å². The summed E-state index contributed by atoms with van der Waals surface area (Å²) in [6.45, 7) is 2.47. The highest BCUT2D eigenvalue weighted by atomic mass is 16.6. The van der Waals surface area contributed by atoms with Crippen LogP contribution in [0.3, 0.4) is 0 Å². The number of nitrogens with zero attached hydrogens (tertiary/aromatic N) is 3. The highest BCUT2D eigenvalue weighted by Crippen LogP contribution is 2.13. The average Bonchev–Trinajstić information content (AvgIpc) is 2.47. The molecule has 0 bridgehead atoms. The second-order valence-electron chi connectivity index (χ2n) is 4.64. The first-order chi connectivity index (χ1) is 10.0. The van der Waals surface area contributed by atoms with E-state index in [-0.39, 0.29) is 12.2 Å². The molecule has 0 fully saturated rings. The van der Waals surface area contributed by atoms with Crippen LogP contribution in [0.1, 0.15) is 18.9 Å². The van der Waals surface area contributed by atoms with Crippen molar-refractivity contribution in [2.75, 3.05) is 0 Å². The molecule has 2 aromatic rings. The Bertz CT molecular complexity index is 776. The van der Waals surface area contributed by atoms with Gasteiger partial charge in [-0.3, -0.25) is 19.5 Å². The molecule has 0 radical (unpaired) electrons. The number of non-ortho nitro benzene ring substituents is 1. The van der Waals surface area contributed by atoms with Gasteiger partial charge in [0.25, 0.3) is 11.2 Å². The van der Waals surface area contributed by atoms with Gasteiger partial charge in [0.15, 0.2) is 0 Å². The Morgan fingerprint density at radius 1 is 1.24 bits per heavy atom. The van der Waals surface area contributed by atoms with Crippen molar-refractivity contribution in [1.29, 1.82) is 0 Å². The summed E-state index contributed by atoms with van der Waals surface area (Å²) < 4.78 is 2.54. The molecule has 0 amide bonds. The topological polar surface area (TPSA) is 87.1 Å². The highest BCUT2D eigenvalue weighted by Gasteiger charge is 2.09. The SMILES string of the molecule is CCCn1ccc(=O)n(Cc2cccc([N+](=O)[O-])c2)c1=O. The van der Waals surface area contributed by atoms with Gasteiger partial charge < -0.3 is 4.57 Å². The molecule has 7 nitrogen and oxygen atoms in total. The predicted octanol–water partition coefficient (Wildman–Crippen LogP) is 1.38. The molecule has 0 aliphatic carbocycles. The average molecular weight is 289 g/mol. The van der Waals surface area contributed by atoms with Crippen molar-refractivity contribution in [3.8, 4) is 0 Å². The van der Waals surface area contributed by atoms with Crippen LogP contribution in [0.25, 0.3) is 0 Å². The van der Waals surface area contributed by atoms with Gasteiger partial charge in [0.05, 0.1) is 11.5 Å². The van der Waals surface area contributed by atoms with Gasteiger partial charge in [-0.15, -0.1) is 0 Å². The van der Waals surface area contributed by atoms with Crippen molar-refractivity contribution in [2.24, 2.45) is 0 Å². The van der Waals surface area contributed by atoms with E-state index in [0.29, 0.717) is 12.1 Å². The number of benzene rings is 1. The van der Waals surface area contributed by atoms with Crippen molar-refractivity contribution in [1.82, 2.24) is 9.13 Å². The van der Waals surface area contributed by atoms with E-state index in [4.69, 9.17) is 0 Å². The Kier molecular flexibility index (Phi) is 4.32. The Balaban J connectivity index is 2.42. The van der Waals surface area contributed by atoms with Crippen LogP contribution in [-0.4, -0.2) is 14.1 Å². The number of rotatable bonds is 5. The molecule has 2 rings (SSSR count). The third-order valence-corrected chi connectivity index (χ3v) is 3.07. The van der Waals surface area contributed by atoms with E-state index in [1.54, 1.807) is 6.07 Å². The molecule has 0 aliphatic rings. The number of aromatic nitrogens is 2. The lowest BCUT2D eigenvalue weighted by molar-refractivity contribution is -0.384. The number of nitro benzene ring substituents is 1. The van der Waals surface area contributed by atoms with E-state index < -0.39 is 16.2 Å². The molecule has 1 aromatic heterocycles. The molecule has 21 heavy (non-hydrogen) atoms. The zero-order valence-corrected chi connectivity index (χ0v) is 11.6. The largest absolute Gasteiger partial charge is 0.331 e. The molecule has 0 atom stereocenters. The van der Waals surface area contributed by atoms with Crippen LogP contribution in [0, 0.1) is 10.1 Å². The monoisotopic (exact) mass is 289 g/mol. The van der Waals surface area contributed by atoms with Crippen LogP contribution in [0.5, 0.6) is 0 Å². The number of hydrogen-bond donors (Lipinski definition) is 0. The second-order valence-corrected chi connectivity index (χ2v) is 4.64. The van der Waals surface area contributed by atoms with Gasteiger partial charge in [-0.2, -0.15) is 0 Å². The standard InChI is InChI=1S/C14H15N3O4/c1-2-7-15-8-6-13(18)16(14(15)19)10-11-4-3-5-12(9-11)17(20)21/h3-6,8-9H,2,7,10H2,1H3. The fraction of sp³-hybridized carbons (Fsp3) is 0.286. The van der Waals surface area contributed by atoms with Gasteiger partial charge in [-0.25, -0.2) is 4.79 Å². The molecular formula is C14H15N3O4.